The largest absolute Gasteiger partial charge is 0.504 e. The van der Waals surface area contributed by atoms with Gasteiger partial charge >= 0.3 is 0 Å². The van der Waals surface area contributed by atoms with Gasteiger partial charge in [-0.2, -0.15) is 0 Å². The summed E-state index contributed by atoms with van der Waals surface area (Å²) in [6.45, 7) is 0. The van der Waals surface area contributed by atoms with E-state index in [1.54, 1.807) is 25.3 Å². The Kier molecular flexibility index (Phi) is 3.20. The van der Waals surface area contributed by atoms with Crippen LogP contribution >= 0.6 is 12.2 Å². The topological polar surface area (TPSA) is 59.0 Å². The molecule has 0 saturated carbocycles. The number of methoxy groups -OCH3 is 1. The fourth-order valence-corrected chi connectivity index (χ4v) is 1.65. The van der Waals surface area contributed by atoms with Crippen molar-refractivity contribution in [1.29, 1.82) is 0 Å². The maximum Gasteiger partial charge on any atom is 0.296 e. The van der Waals surface area contributed by atoms with Crippen molar-refractivity contribution >= 4 is 29.4 Å². The molecule has 0 aliphatic carbocycles. The van der Waals surface area contributed by atoms with Crippen LogP contribution in [0.1, 0.15) is 5.56 Å². The van der Waals surface area contributed by atoms with Crippen molar-refractivity contribution < 1.29 is 19.4 Å². The third-order valence-electron chi connectivity index (χ3n) is 2.49. The molecule has 94 valence electrons. The van der Waals surface area contributed by atoms with Crippen LogP contribution in [0.25, 0.3) is 6.08 Å². The van der Waals surface area contributed by atoms with Gasteiger partial charge in [0.1, 0.15) is 0 Å². The molecule has 0 radical (unpaired) electrons. The molecular weight excluding hydrogens is 254 g/mol. The molecule has 1 aromatic rings. The minimum atomic E-state index is -0.299. The number of thiocarbonyl (C=S) groups is 1. The first kappa shape index (κ1) is 12.4. The molecule has 1 amide bonds. The van der Waals surface area contributed by atoms with E-state index in [4.69, 9.17) is 21.7 Å². The second kappa shape index (κ2) is 4.66. The van der Waals surface area contributed by atoms with E-state index in [1.165, 1.54) is 18.1 Å². The highest BCUT2D eigenvalue weighted by Crippen LogP contribution is 2.28. The SMILES string of the molecule is COc1cc(/C=C2/OC(=S)N(C)C2=O)ccc1O. The van der Waals surface area contributed by atoms with E-state index >= 15 is 0 Å². The monoisotopic (exact) mass is 265 g/mol. The summed E-state index contributed by atoms with van der Waals surface area (Å²) in [6.07, 6.45) is 1.54. The van der Waals surface area contributed by atoms with E-state index in [-0.39, 0.29) is 22.6 Å². The van der Waals surface area contributed by atoms with E-state index in [0.29, 0.717) is 11.3 Å². The second-order valence-corrected chi connectivity index (χ2v) is 4.02. The Morgan fingerprint density at radius 3 is 2.78 bits per heavy atom. The predicted molar refractivity (Wildman–Crippen MR) is 69.1 cm³/mol. The number of ether oxygens (including phenoxy) is 2. The van der Waals surface area contributed by atoms with Crippen LogP contribution in [0.5, 0.6) is 11.5 Å². The van der Waals surface area contributed by atoms with Gasteiger partial charge in [0, 0.05) is 7.05 Å². The highest BCUT2D eigenvalue weighted by atomic mass is 32.1. The standard InChI is InChI=1S/C12H11NO4S/c1-13-11(15)10(17-12(13)18)6-7-3-4-8(14)9(5-7)16-2/h3-6,14H,1-2H3/b10-6+. The van der Waals surface area contributed by atoms with E-state index in [0.717, 1.165) is 0 Å². The Balaban J connectivity index is 2.34. The van der Waals surface area contributed by atoms with Gasteiger partial charge in [-0.25, -0.2) is 0 Å². The smallest absolute Gasteiger partial charge is 0.296 e. The minimum Gasteiger partial charge on any atom is -0.504 e. The van der Waals surface area contributed by atoms with Gasteiger partial charge in [0.05, 0.1) is 7.11 Å². The number of benzene rings is 1. The molecule has 1 saturated heterocycles. The molecule has 1 heterocycles. The molecule has 0 unspecified atom stereocenters. The van der Waals surface area contributed by atoms with Gasteiger partial charge in [-0.1, -0.05) is 6.07 Å². The lowest BCUT2D eigenvalue weighted by Gasteiger charge is -2.04. The third-order valence-corrected chi connectivity index (χ3v) is 2.85. The van der Waals surface area contributed by atoms with Gasteiger partial charge in [-0.3, -0.25) is 9.69 Å². The number of phenolic OH excluding ortho intramolecular Hbond substituents is 1. The zero-order valence-corrected chi connectivity index (χ0v) is 10.7. The van der Waals surface area contributed by atoms with Crippen molar-refractivity contribution in [1.82, 2.24) is 4.90 Å². The van der Waals surface area contributed by atoms with E-state index in [2.05, 4.69) is 0 Å². The number of amides is 1. The van der Waals surface area contributed by atoms with Gasteiger partial charge in [0.2, 0.25) is 0 Å². The van der Waals surface area contributed by atoms with Crippen molar-refractivity contribution in [2.45, 2.75) is 0 Å². The van der Waals surface area contributed by atoms with E-state index < -0.39 is 0 Å². The number of rotatable bonds is 2. The average Bonchev–Trinajstić information content (AvgIpc) is 2.59. The van der Waals surface area contributed by atoms with Crippen molar-refractivity contribution in [2.75, 3.05) is 14.2 Å². The molecule has 0 aromatic heterocycles. The molecule has 0 atom stereocenters. The van der Waals surface area contributed by atoms with Crippen molar-refractivity contribution in [3.8, 4) is 11.5 Å². The molecule has 0 spiro atoms. The Morgan fingerprint density at radius 1 is 1.50 bits per heavy atom. The number of hydrogen-bond acceptors (Lipinski definition) is 5. The van der Waals surface area contributed by atoms with Crippen LogP contribution in [0.15, 0.2) is 24.0 Å². The second-order valence-electron chi connectivity index (χ2n) is 3.67. The lowest BCUT2D eigenvalue weighted by atomic mass is 10.1. The maximum absolute atomic E-state index is 11.7. The number of nitrogens with zero attached hydrogens (tertiary/aromatic N) is 1. The molecule has 1 N–H and O–H groups in total. The van der Waals surface area contributed by atoms with Crippen LogP contribution in [-0.4, -0.2) is 35.2 Å². The van der Waals surface area contributed by atoms with Crippen LogP contribution in [-0.2, 0) is 9.53 Å². The molecule has 5 nitrogen and oxygen atoms in total. The Bertz CT molecular complexity index is 553. The van der Waals surface area contributed by atoms with Crippen molar-refractivity contribution in [3.05, 3.63) is 29.5 Å². The molecule has 1 aliphatic rings. The minimum absolute atomic E-state index is 0.0333. The summed E-state index contributed by atoms with van der Waals surface area (Å²) < 4.78 is 10.1. The average molecular weight is 265 g/mol. The summed E-state index contributed by atoms with van der Waals surface area (Å²) in [5.41, 5.74) is 0.672. The van der Waals surface area contributed by atoms with E-state index in [1.807, 2.05) is 0 Å². The summed E-state index contributed by atoms with van der Waals surface area (Å²) in [5, 5.41) is 9.58. The van der Waals surface area contributed by atoms with E-state index in [9.17, 15) is 9.90 Å². The highest BCUT2D eigenvalue weighted by molar-refractivity contribution is 7.80. The molecule has 1 fully saturated rings. The molecule has 2 rings (SSSR count). The van der Waals surface area contributed by atoms with Crippen LogP contribution < -0.4 is 4.74 Å². The van der Waals surface area contributed by atoms with Gasteiger partial charge in [0.25, 0.3) is 11.1 Å². The lowest BCUT2D eigenvalue weighted by Crippen LogP contribution is -2.22. The first-order valence-corrected chi connectivity index (χ1v) is 5.52. The Labute approximate surface area is 109 Å². The number of phenols is 1. The van der Waals surface area contributed by atoms with Crippen molar-refractivity contribution in [3.63, 3.8) is 0 Å². The van der Waals surface area contributed by atoms with Crippen LogP contribution in [0, 0.1) is 0 Å². The summed E-state index contributed by atoms with van der Waals surface area (Å²) in [7, 11) is 3.00. The normalized spacial score (nSPS) is 17.2. The molecule has 0 bridgehead atoms. The number of aromatic hydroxyl groups is 1. The summed E-state index contributed by atoms with van der Waals surface area (Å²) in [5.74, 6) is 0.207. The fraction of sp³-hybridized carbons (Fsp3) is 0.167. The maximum atomic E-state index is 11.7. The quantitative estimate of drug-likeness (QED) is 0.649. The number of carbonyl (C=O) groups is 1. The van der Waals surface area contributed by atoms with Crippen LogP contribution in [0.3, 0.4) is 0 Å². The molecular formula is C12H11NO4S. The van der Waals surface area contributed by atoms with Gasteiger partial charge in [-0.15, -0.1) is 0 Å². The zero-order chi connectivity index (χ0) is 13.3. The van der Waals surface area contributed by atoms with Crippen molar-refractivity contribution in [2.24, 2.45) is 0 Å². The Morgan fingerprint density at radius 2 is 2.22 bits per heavy atom. The molecule has 18 heavy (non-hydrogen) atoms. The summed E-state index contributed by atoms with van der Waals surface area (Å²) in [6, 6.07) is 4.72. The Hall–Kier alpha value is -2.08. The highest BCUT2D eigenvalue weighted by Gasteiger charge is 2.29. The molecule has 6 heteroatoms. The third kappa shape index (κ3) is 2.14. The molecule has 1 aliphatic heterocycles. The van der Waals surface area contributed by atoms with Crippen LogP contribution in [0.2, 0.25) is 0 Å². The first-order valence-electron chi connectivity index (χ1n) is 5.11. The van der Waals surface area contributed by atoms with Gasteiger partial charge in [-0.05, 0) is 36.0 Å². The number of carbonyl (C=O) groups excluding carboxylic acids is 1. The van der Waals surface area contributed by atoms with Crippen LogP contribution in [0.4, 0.5) is 0 Å². The number of hydrogen-bond donors (Lipinski definition) is 1. The molecule has 1 aromatic carbocycles. The lowest BCUT2D eigenvalue weighted by molar-refractivity contribution is -0.122. The van der Waals surface area contributed by atoms with Gasteiger partial charge < -0.3 is 14.6 Å². The number of likely N-dealkylation sites (N-methyl/N-ethyl adjacent to an activating group) is 1. The summed E-state index contributed by atoms with van der Waals surface area (Å²) >= 11 is 4.86. The zero-order valence-electron chi connectivity index (χ0n) is 9.84. The predicted octanol–water partition coefficient (Wildman–Crippen LogP) is 1.52. The fourth-order valence-electron chi connectivity index (χ4n) is 1.48. The first-order chi connectivity index (χ1) is 8.52. The summed E-state index contributed by atoms with van der Waals surface area (Å²) in [4.78, 5) is 13.0. The van der Waals surface area contributed by atoms with Gasteiger partial charge in [0.15, 0.2) is 17.3 Å².